The summed E-state index contributed by atoms with van der Waals surface area (Å²) >= 11 is 0. The van der Waals surface area contributed by atoms with Crippen LogP contribution in [0.3, 0.4) is 0 Å². The van der Waals surface area contributed by atoms with Gasteiger partial charge in [-0.2, -0.15) is 0 Å². The van der Waals surface area contributed by atoms with E-state index in [4.69, 9.17) is 22.3 Å². The highest BCUT2D eigenvalue weighted by Crippen LogP contribution is 2.16. The average molecular weight is 282 g/mol. The number of hydrogen-bond acceptors (Lipinski definition) is 4. The number of hydrazine groups is 1. The molecule has 0 aliphatic heterocycles. The summed E-state index contributed by atoms with van der Waals surface area (Å²) in [4.78, 5) is 0. The lowest BCUT2D eigenvalue weighted by Gasteiger charge is -2.22. The van der Waals surface area contributed by atoms with Crippen LogP contribution in [0.25, 0.3) is 0 Å². The first-order valence-electron chi connectivity index (χ1n) is 6.36. The Labute approximate surface area is 123 Å². The largest absolute Gasteiger partial charge is 0.384 e. The molecule has 0 bridgehead atoms. The number of nitrogens with two attached hydrogens (primary N) is 2. The number of nitrogens with zero attached hydrogens (tertiary/aromatic N) is 1. The second-order valence-electron chi connectivity index (χ2n) is 4.62. The van der Waals surface area contributed by atoms with Crippen molar-refractivity contribution in [2.75, 3.05) is 17.5 Å². The Morgan fingerprint density at radius 3 is 1.71 bits per heavy atom. The van der Waals surface area contributed by atoms with Crippen molar-refractivity contribution in [1.29, 1.82) is 10.8 Å². The minimum absolute atomic E-state index is 0.0507. The van der Waals surface area contributed by atoms with Crippen LogP contribution >= 0.6 is 0 Å². The van der Waals surface area contributed by atoms with Crippen LogP contribution in [-0.4, -0.2) is 18.7 Å². The molecule has 21 heavy (non-hydrogen) atoms. The second-order valence-corrected chi connectivity index (χ2v) is 4.62. The molecule has 0 amide bonds. The molecule has 0 aliphatic carbocycles. The van der Waals surface area contributed by atoms with E-state index in [0.29, 0.717) is 11.1 Å². The zero-order chi connectivity index (χ0) is 15.4. The summed E-state index contributed by atoms with van der Waals surface area (Å²) < 4.78 is 0. The van der Waals surface area contributed by atoms with Crippen molar-refractivity contribution in [3.8, 4) is 0 Å². The van der Waals surface area contributed by atoms with Crippen molar-refractivity contribution >= 4 is 23.0 Å². The fourth-order valence-corrected chi connectivity index (χ4v) is 1.85. The van der Waals surface area contributed by atoms with Gasteiger partial charge in [0.05, 0.1) is 11.4 Å². The van der Waals surface area contributed by atoms with Gasteiger partial charge in [0.2, 0.25) is 0 Å². The van der Waals surface area contributed by atoms with Crippen molar-refractivity contribution < 1.29 is 0 Å². The van der Waals surface area contributed by atoms with Crippen molar-refractivity contribution in [1.82, 2.24) is 0 Å². The van der Waals surface area contributed by atoms with E-state index in [-0.39, 0.29) is 11.7 Å². The maximum absolute atomic E-state index is 7.37. The average Bonchev–Trinajstić information content (AvgIpc) is 2.47. The van der Waals surface area contributed by atoms with Gasteiger partial charge >= 0.3 is 0 Å². The topological polar surface area (TPSA) is 115 Å². The van der Waals surface area contributed by atoms with Crippen LogP contribution in [0, 0.1) is 10.8 Å². The molecule has 6 nitrogen and oxygen atoms in total. The zero-order valence-corrected chi connectivity index (χ0v) is 11.7. The molecule has 0 aromatic heterocycles. The lowest BCUT2D eigenvalue weighted by atomic mass is 10.2. The van der Waals surface area contributed by atoms with Gasteiger partial charge in [-0.3, -0.25) is 21.3 Å². The predicted octanol–water partition coefficient (Wildman–Crippen LogP) is 1.72. The fourth-order valence-electron chi connectivity index (χ4n) is 1.85. The summed E-state index contributed by atoms with van der Waals surface area (Å²) in [5.74, 6) is 0.103. The molecular formula is C15H18N6. The van der Waals surface area contributed by atoms with Gasteiger partial charge in [0.1, 0.15) is 11.7 Å². The smallest absolute Gasteiger partial charge is 0.122 e. The number of hydrogen-bond donors (Lipinski definition) is 5. The summed E-state index contributed by atoms with van der Waals surface area (Å²) in [5.41, 5.74) is 17.3. The van der Waals surface area contributed by atoms with Gasteiger partial charge in [-0.1, -0.05) is 0 Å². The summed E-state index contributed by atoms with van der Waals surface area (Å²) in [5, 5.41) is 16.6. The van der Waals surface area contributed by atoms with E-state index in [9.17, 15) is 0 Å². The van der Waals surface area contributed by atoms with Crippen LogP contribution in [0.5, 0.6) is 0 Å². The molecule has 2 rings (SSSR count). The molecule has 6 heteroatoms. The van der Waals surface area contributed by atoms with Gasteiger partial charge in [-0.25, -0.2) is 0 Å². The lowest BCUT2D eigenvalue weighted by molar-refractivity contribution is 1.09. The minimum atomic E-state index is 0.0507. The Hall–Kier alpha value is -3.02. The standard InChI is InChI=1S/C15H18N6/c1-21(13-8-4-11(5-9-13)15(18)19)20-12-6-2-10(3-7-12)14(16)17/h2-9,20H,1H3,(H3,16,17)(H3,18,19). The van der Waals surface area contributed by atoms with Crippen LogP contribution in [0.15, 0.2) is 48.5 Å². The number of anilines is 2. The Morgan fingerprint density at radius 2 is 1.29 bits per heavy atom. The zero-order valence-electron chi connectivity index (χ0n) is 11.7. The fraction of sp³-hybridized carbons (Fsp3) is 0.0667. The highest BCUT2D eigenvalue weighted by Gasteiger charge is 2.03. The lowest BCUT2D eigenvalue weighted by Crippen LogP contribution is -2.24. The molecule has 0 atom stereocenters. The van der Waals surface area contributed by atoms with Crippen LogP contribution in [-0.2, 0) is 0 Å². The van der Waals surface area contributed by atoms with Crippen molar-refractivity contribution in [2.45, 2.75) is 0 Å². The van der Waals surface area contributed by atoms with Gasteiger partial charge in [0, 0.05) is 18.2 Å². The van der Waals surface area contributed by atoms with Gasteiger partial charge in [-0.05, 0) is 48.5 Å². The van der Waals surface area contributed by atoms with Crippen LogP contribution in [0.2, 0.25) is 0 Å². The molecule has 0 saturated heterocycles. The van der Waals surface area contributed by atoms with E-state index < -0.39 is 0 Å². The monoisotopic (exact) mass is 282 g/mol. The predicted molar refractivity (Wildman–Crippen MR) is 86.9 cm³/mol. The Bertz CT molecular complexity index is 645. The maximum atomic E-state index is 7.37. The third-order valence-electron chi connectivity index (χ3n) is 3.06. The molecule has 0 unspecified atom stereocenters. The molecule has 2 aromatic rings. The molecule has 0 heterocycles. The van der Waals surface area contributed by atoms with Crippen LogP contribution in [0.1, 0.15) is 11.1 Å². The number of amidine groups is 2. The molecule has 0 spiro atoms. The van der Waals surface area contributed by atoms with Crippen LogP contribution in [0.4, 0.5) is 11.4 Å². The second kappa shape index (κ2) is 5.96. The third kappa shape index (κ3) is 3.50. The Kier molecular flexibility index (Phi) is 4.08. The van der Waals surface area contributed by atoms with E-state index >= 15 is 0 Å². The molecule has 0 radical (unpaired) electrons. The van der Waals surface area contributed by atoms with Crippen molar-refractivity contribution in [2.24, 2.45) is 11.5 Å². The first kappa shape index (κ1) is 14.4. The van der Waals surface area contributed by atoms with E-state index in [1.54, 1.807) is 24.3 Å². The molecule has 2 aromatic carbocycles. The normalized spacial score (nSPS) is 9.95. The van der Waals surface area contributed by atoms with E-state index in [1.165, 1.54) is 0 Å². The maximum Gasteiger partial charge on any atom is 0.122 e. The van der Waals surface area contributed by atoms with E-state index in [1.807, 2.05) is 36.3 Å². The minimum Gasteiger partial charge on any atom is -0.384 e. The molecular weight excluding hydrogens is 264 g/mol. The molecule has 0 fully saturated rings. The quantitative estimate of drug-likeness (QED) is 0.326. The van der Waals surface area contributed by atoms with Gasteiger partial charge in [-0.15, -0.1) is 0 Å². The number of nitrogens with one attached hydrogen (secondary N) is 3. The van der Waals surface area contributed by atoms with Crippen molar-refractivity contribution in [3.05, 3.63) is 59.7 Å². The summed E-state index contributed by atoms with van der Waals surface area (Å²) in [6.07, 6.45) is 0. The van der Waals surface area contributed by atoms with Crippen LogP contribution < -0.4 is 21.9 Å². The number of benzene rings is 2. The first-order valence-corrected chi connectivity index (χ1v) is 6.36. The van der Waals surface area contributed by atoms with E-state index in [2.05, 4.69) is 5.43 Å². The number of rotatable bonds is 5. The van der Waals surface area contributed by atoms with Gasteiger partial charge in [0.15, 0.2) is 0 Å². The molecule has 0 saturated carbocycles. The number of nitrogen functional groups attached to an aromatic ring is 2. The van der Waals surface area contributed by atoms with E-state index in [0.717, 1.165) is 11.4 Å². The Balaban J connectivity index is 2.08. The summed E-state index contributed by atoms with van der Waals surface area (Å²) in [6, 6.07) is 14.7. The van der Waals surface area contributed by atoms with Gasteiger partial charge < -0.3 is 11.5 Å². The third-order valence-corrected chi connectivity index (χ3v) is 3.06. The highest BCUT2D eigenvalue weighted by atomic mass is 15.5. The highest BCUT2D eigenvalue weighted by molar-refractivity contribution is 5.95. The summed E-state index contributed by atoms with van der Waals surface area (Å²) in [7, 11) is 1.89. The SMILES string of the molecule is CN(Nc1ccc(C(=N)N)cc1)c1ccc(C(=N)N)cc1. The molecule has 7 N–H and O–H groups in total. The first-order chi connectivity index (χ1) is 9.97. The molecule has 108 valence electrons. The van der Waals surface area contributed by atoms with Crippen molar-refractivity contribution in [3.63, 3.8) is 0 Å². The van der Waals surface area contributed by atoms with Gasteiger partial charge in [0.25, 0.3) is 0 Å². The summed E-state index contributed by atoms with van der Waals surface area (Å²) in [6.45, 7) is 0. The molecule has 0 aliphatic rings. The Morgan fingerprint density at radius 1 is 0.857 bits per heavy atom.